The van der Waals surface area contributed by atoms with Gasteiger partial charge >= 0.3 is 0 Å². The number of rotatable bonds is 4. The van der Waals surface area contributed by atoms with E-state index in [-0.39, 0.29) is 11.8 Å². The summed E-state index contributed by atoms with van der Waals surface area (Å²) in [6, 6.07) is 10.6. The molecule has 0 radical (unpaired) electrons. The molecule has 0 aromatic heterocycles. The molecule has 2 fully saturated rings. The molecule has 2 aliphatic rings. The number of carbonyl (C=O) groups is 1. The third-order valence-corrected chi connectivity index (χ3v) is 4.92. The molecule has 2 saturated heterocycles. The number of anilines is 1. The van der Waals surface area contributed by atoms with Gasteiger partial charge in [0.25, 0.3) is 0 Å². The summed E-state index contributed by atoms with van der Waals surface area (Å²) in [5.41, 5.74) is 1.30. The average molecular weight is 301 g/mol. The van der Waals surface area contributed by atoms with Crippen LogP contribution in [0.1, 0.15) is 25.7 Å². The van der Waals surface area contributed by atoms with Crippen LogP contribution >= 0.6 is 0 Å². The van der Waals surface area contributed by atoms with Crippen LogP contribution in [0, 0.1) is 11.8 Å². The second-order valence-corrected chi connectivity index (χ2v) is 6.56. The standard InChI is InChI=1S/C18H27N3O/c22-18(16-5-4-10-19-11-8-16)20-13-15-9-12-21(14-15)17-6-2-1-3-7-17/h1-3,6-7,15-16,19H,4-5,8-14H2,(H,20,22). The number of hydrogen-bond acceptors (Lipinski definition) is 3. The second kappa shape index (κ2) is 7.63. The van der Waals surface area contributed by atoms with E-state index in [0.29, 0.717) is 5.92 Å². The van der Waals surface area contributed by atoms with Gasteiger partial charge in [0, 0.05) is 31.2 Å². The Balaban J connectivity index is 1.43. The van der Waals surface area contributed by atoms with E-state index in [1.807, 2.05) is 0 Å². The molecule has 1 aromatic rings. The third kappa shape index (κ3) is 4.01. The normalized spacial score (nSPS) is 25.7. The quantitative estimate of drug-likeness (QED) is 0.894. The van der Waals surface area contributed by atoms with E-state index in [4.69, 9.17) is 0 Å². The lowest BCUT2D eigenvalue weighted by Gasteiger charge is -2.19. The van der Waals surface area contributed by atoms with Gasteiger partial charge in [-0.3, -0.25) is 4.79 Å². The van der Waals surface area contributed by atoms with Crippen molar-refractivity contribution in [1.29, 1.82) is 0 Å². The smallest absolute Gasteiger partial charge is 0.223 e. The highest BCUT2D eigenvalue weighted by Crippen LogP contribution is 2.23. The zero-order valence-electron chi connectivity index (χ0n) is 13.3. The van der Waals surface area contributed by atoms with Crippen molar-refractivity contribution in [2.45, 2.75) is 25.7 Å². The first-order chi connectivity index (χ1) is 10.8. The maximum atomic E-state index is 12.3. The van der Waals surface area contributed by atoms with Crippen molar-refractivity contribution < 1.29 is 4.79 Å². The lowest BCUT2D eigenvalue weighted by atomic mass is 9.99. The highest BCUT2D eigenvalue weighted by Gasteiger charge is 2.25. The summed E-state index contributed by atoms with van der Waals surface area (Å²) in [5.74, 6) is 1.05. The fourth-order valence-corrected chi connectivity index (χ4v) is 3.54. The zero-order chi connectivity index (χ0) is 15.2. The van der Waals surface area contributed by atoms with Crippen molar-refractivity contribution in [3.8, 4) is 0 Å². The molecule has 2 N–H and O–H groups in total. The van der Waals surface area contributed by atoms with Crippen LogP contribution in [0.2, 0.25) is 0 Å². The summed E-state index contributed by atoms with van der Waals surface area (Å²) in [6.07, 6.45) is 4.29. The van der Waals surface area contributed by atoms with E-state index in [2.05, 4.69) is 45.9 Å². The van der Waals surface area contributed by atoms with Gasteiger partial charge in [-0.2, -0.15) is 0 Å². The Labute approximate surface area is 133 Å². The van der Waals surface area contributed by atoms with Gasteiger partial charge in [0.15, 0.2) is 0 Å². The zero-order valence-corrected chi connectivity index (χ0v) is 13.3. The van der Waals surface area contributed by atoms with E-state index < -0.39 is 0 Å². The summed E-state index contributed by atoms with van der Waals surface area (Å²) < 4.78 is 0. The number of nitrogens with zero attached hydrogens (tertiary/aromatic N) is 1. The SMILES string of the molecule is O=C(NCC1CCN(c2ccccc2)C1)C1CCCNCC1. The first-order valence-corrected chi connectivity index (χ1v) is 8.61. The van der Waals surface area contributed by atoms with Crippen molar-refractivity contribution >= 4 is 11.6 Å². The second-order valence-electron chi connectivity index (χ2n) is 6.56. The van der Waals surface area contributed by atoms with Gasteiger partial charge in [-0.25, -0.2) is 0 Å². The number of benzene rings is 1. The number of amides is 1. The highest BCUT2D eigenvalue weighted by atomic mass is 16.1. The van der Waals surface area contributed by atoms with Crippen LogP contribution in [0.3, 0.4) is 0 Å². The monoisotopic (exact) mass is 301 g/mol. The first kappa shape index (κ1) is 15.3. The van der Waals surface area contributed by atoms with E-state index in [1.165, 1.54) is 12.1 Å². The van der Waals surface area contributed by atoms with Crippen molar-refractivity contribution in [2.75, 3.05) is 37.6 Å². The van der Waals surface area contributed by atoms with E-state index in [1.54, 1.807) is 0 Å². The minimum absolute atomic E-state index is 0.210. The fraction of sp³-hybridized carbons (Fsp3) is 0.611. The highest BCUT2D eigenvalue weighted by molar-refractivity contribution is 5.78. The van der Waals surface area contributed by atoms with E-state index in [9.17, 15) is 4.79 Å². The predicted octanol–water partition coefficient (Wildman–Crippen LogP) is 2.02. The fourth-order valence-electron chi connectivity index (χ4n) is 3.54. The lowest BCUT2D eigenvalue weighted by molar-refractivity contribution is -0.125. The molecule has 0 bridgehead atoms. The largest absolute Gasteiger partial charge is 0.371 e. The van der Waals surface area contributed by atoms with Crippen LogP contribution in [0.25, 0.3) is 0 Å². The summed E-state index contributed by atoms with van der Waals surface area (Å²) in [5, 5.41) is 6.57. The summed E-state index contributed by atoms with van der Waals surface area (Å²) in [6.45, 7) is 5.00. The van der Waals surface area contributed by atoms with Gasteiger partial charge in [0.1, 0.15) is 0 Å². The molecule has 4 nitrogen and oxygen atoms in total. The van der Waals surface area contributed by atoms with Crippen molar-refractivity contribution in [2.24, 2.45) is 11.8 Å². The molecule has 2 heterocycles. The van der Waals surface area contributed by atoms with E-state index >= 15 is 0 Å². The van der Waals surface area contributed by atoms with Crippen LogP contribution in [0.15, 0.2) is 30.3 Å². The van der Waals surface area contributed by atoms with Gasteiger partial charge in [-0.1, -0.05) is 18.2 Å². The molecular weight excluding hydrogens is 274 g/mol. The predicted molar refractivity (Wildman–Crippen MR) is 90.0 cm³/mol. The van der Waals surface area contributed by atoms with Crippen molar-refractivity contribution in [1.82, 2.24) is 10.6 Å². The number of carbonyl (C=O) groups excluding carboxylic acids is 1. The molecular formula is C18H27N3O. The third-order valence-electron chi connectivity index (χ3n) is 4.92. The Bertz CT molecular complexity index is 468. The number of nitrogens with one attached hydrogen (secondary N) is 2. The van der Waals surface area contributed by atoms with Crippen LogP contribution in [-0.2, 0) is 4.79 Å². The van der Waals surface area contributed by atoms with E-state index in [0.717, 1.165) is 52.0 Å². The minimum Gasteiger partial charge on any atom is -0.371 e. The summed E-state index contributed by atoms with van der Waals surface area (Å²) in [7, 11) is 0. The van der Waals surface area contributed by atoms with Crippen molar-refractivity contribution in [3.63, 3.8) is 0 Å². The Morgan fingerprint density at radius 1 is 1.18 bits per heavy atom. The molecule has 2 aliphatic heterocycles. The molecule has 120 valence electrons. The van der Waals surface area contributed by atoms with Gasteiger partial charge in [-0.15, -0.1) is 0 Å². The molecule has 2 unspecified atom stereocenters. The van der Waals surface area contributed by atoms with Gasteiger partial charge in [0.2, 0.25) is 5.91 Å². The van der Waals surface area contributed by atoms with Crippen LogP contribution in [0.5, 0.6) is 0 Å². The molecule has 1 amide bonds. The van der Waals surface area contributed by atoms with Gasteiger partial charge in [0.05, 0.1) is 0 Å². The molecule has 0 aliphatic carbocycles. The molecule has 1 aromatic carbocycles. The summed E-state index contributed by atoms with van der Waals surface area (Å²) in [4.78, 5) is 14.7. The molecule has 22 heavy (non-hydrogen) atoms. The molecule has 2 atom stereocenters. The average Bonchev–Trinajstić information content (AvgIpc) is 2.87. The van der Waals surface area contributed by atoms with Gasteiger partial charge < -0.3 is 15.5 Å². The Kier molecular flexibility index (Phi) is 5.33. The Morgan fingerprint density at radius 2 is 2.05 bits per heavy atom. The topological polar surface area (TPSA) is 44.4 Å². The molecule has 3 rings (SSSR count). The Morgan fingerprint density at radius 3 is 2.91 bits per heavy atom. The van der Waals surface area contributed by atoms with Crippen LogP contribution in [0.4, 0.5) is 5.69 Å². The Hall–Kier alpha value is -1.55. The maximum Gasteiger partial charge on any atom is 0.223 e. The molecule has 0 spiro atoms. The van der Waals surface area contributed by atoms with Crippen LogP contribution < -0.4 is 15.5 Å². The minimum atomic E-state index is 0.210. The molecule has 0 saturated carbocycles. The van der Waals surface area contributed by atoms with Gasteiger partial charge in [-0.05, 0) is 56.8 Å². The van der Waals surface area contributed by atoms with Crippen molar-refractivity contribution in [3.05, 3.63) is 30.3 Å². The van der Waals surface area contributed by atoms with Crippen LogP contribution in [-0.4, -0.2) is 38.6 Å². The summed E-state index contributed by atoms with van der Waals surface area (Å²) >= 11 is 0. The lowest BCUT2D eigenvalue weighted by Crippen LogP contribution is -2.35. The first-order valence-electron chi connectivity index (χ1n) is 8.61. The maximum absolute atomic E-state index is 12.3. The number of para-hydroxylation sites is 1. The molecule has 4 heteroatoms. The number of hydrogen-bond donors (Lipinski definition) is 2.